The fourth-order valence-corrected chi connectivity index (χ4v) is 2.82. The van der Waals surface area contributed by atoms with E-state index in [4.69, 9.17) is 0 Å². The van der Waals surface area contributed by atoms with Gasteiger partial charge in [0, 0.05) is 24.8 Å². The van der Waals surface area contributed by atoms with Crippen LogP contribution in [-0.4, -0.2) is 43.1 Å². The summed E-state index contributed by atoms with van der Waals surface area (Å²) >= 11 is 0. The quantitative estimate of drug-likeness (QED) is 0.815. The molecule has 0 aliphatic carbocycles. The van der Waals surface area contributed by atoms with Gasteiger partial charge in [0.05, 0.1) is 16.9 Å². The first kappa shape index (κ1) is 13.8. The molecule has 0 amide bonds. The average molecular weight is 258 g/mol. The van der Waals surface area contributed by atoms with E-state index in [0.29, 0.717) is 6.04 Å². The Bertz CT molecular complexity index is 494. The molecule has 0 aromatic carbocycles. The summed E-state index contributed by atoms with van der Waals surface area (Å²) in [5.41, 5.74) is 3.62. The topological polar surface area (TPSA) is 43.2 Å². The smallest absolute Gasteiger partial charge is 0.103 e. The van der Waals surface area contributed by atoms with Crippen molar-refractivity contribution in [2.45, 2.75) is 32.7 Å². The molecule has 0 saturated carbocycles. The van der Waals surface area contributed by atoms with Crippen molar-refractivity contribution in [2.75, 3.05) is 32.1 Å². The largest absolute Gasteiger partial charge is 0.370 e. The van der Waals surface area contributed by atoms with Crippen molar-refractivity contribution in [1.82, 2.24) is 9.88 Å². The van der Waals surface area contributed by atoms with Crippen molar-refractivity contribution in [1.29, 1.82) is 5.26 Å². The Balaban J connectivity index is 2.22. The van der Waals surface area contributed by atoms with Crippen molar-refractivity contribution < 1.29 is 0 Å². The summed E-state index contributed by atoms with van der Waals surface area (Å²) in [7, 11) is 4.28. The summed E-state index contributed by atoms with van der Waals surface area (Å²) in [5, 5.41) is 9.34. The molecule has 2 rings (SSSR count). The Morgan fingerprint density at radius 3 is 2.47 bits per heavy atom. The lowest BCUT2D eigenvalue weighted by molar-refractivity contribution is 0.249. The highest BCUT2D eigenvalue weighted by Gasteiger charge is 2.23. The van der Waals surface area contributed by atoms with Crippen LogP contribution in [0.15, 0.2) is 6.07 Å². The molecule has 0 radical (unpaired) electrons. The molecular formula is C15H22N4. The van der Waals surface area contributed by atoms with Crippen LogP contribution in [0.4, 0.5) is 5.69 Å². The number of hydrogen-bond donors (Lipinski definition) is 0. The van der Waals surface area contributed by atoms with Gasteiger partial charge in [0.1, 0.15) is 6.07 Å². The van der Waals surface area contributed by atoms with Crippen LogP contribution < -0.4 is 4.90 Å². The number of hydrogen-bond acceptors (Lipinski definition) is 4. The Labute approximate surface area is 115 Å². The van der Waals surface area contributed by atoms with Gasteiger partial charge < -0.3 is 9.80 Å². The van der Waals surface area contributed by atoms with Crippen LogP contribution in [0.2, 0.25) is 0 Å². The number of aryl methyl sites for hydroxylation is 2. The molecule has 1 fully saturated rings. The van der Waals surface area contributed by atoms with Gasteiger partial charge in [0.15, 0.2) is 0 Å². The van der Waals surface area contributed by atoms with Gasteiger partial charge in [-0.15, -0.1) is 0 Å². The first-order valence-corrected chi connectivity index (χ1v) is 6.82. The number of aromatic nitrogens is 1. The van der Waals surface area contributed by atoms with Crippen LogP contribution in [0.1, 0.15) is 29.8 Å². The van der Waals surface area contributed by atoms with E-state index in [1.165, 1.54) is 0 Å². The van der Waals surface area contributed by atoms with Gasteiger partial charge >= 0.3 is 0 Å². The fraction of sp³-hybridized carbons (Fsp3) is 0.600. The molecule has 0 spiro atoms. The van der Waals surface area contributed by atoms with Crippen molar-refractivity contribution in [3.05, 3.63) is 23.0 Å². The van der Waals surface area contributed by atoms with Crippen molar-refractivity contribution in [3.63, 3.8) is 0 Å². The lowest BCUT2D eigenvalue weighted by atomic mass is 10.0. The molecule has 0 bridgehead atoms. The zero-order valence-electron chi connectivity index (χ0n) is 12.3. The van der Waals surface area contributed by atoms with Gasteiger partial charge in [-0.25, -0.2) is 0 Å². The van der Waals surface area contributed by atoms with Gasteiger partial charge in [0.2, 0.25) is 0 Å². The zero-order valence-corrected chi connectivity index (χ0v) is 12.3. The minimum absolute atomic E-state index is 0.658. The summed E-state index contributed by atoms with van der Waals surface area (Å²) in [5.74, 6) is 0. The molecule has 1 aliphatic heterocycles. The maximum absolute atomic E-state index is 9.34. The van der Waals surface area contributed by atoms with Crippen LogP contribution in [0.5, 0.6) is 0 Å². The Morgan fingerprint density at radius 1 is 1.32 bits per heavy atom. The first-order chi connectivity index (χ1) is 9.02. The first-order valence-electron chi connectivity index (χ1n) is 6.82. The summed E-state index contributed by atoms with van der Waals surface area (Å²) < 4.78 is 0. The predicted octanol–water partition coefficient (Wildman–Crippen LogP) is 2.10. The van der Waals surface area contributed by atoms with Gasteiger partial charge in [-0.05, 0) is 46.9 Å². The highest BCUT2D eigenvalue weighted by Crippen LogP contribution is 2.27. The summed E-state index contributed by atoms with van der Waals surface area (Å²) in [4.78, 5) is 9.02. The third kappa shape index (κ3) is 2.87. The highest BCUT2D eigenvalue weighted by molar-refractivity contribution is 5.61. The number of nitriles is 1. The molecule has 1 aromatic rings. The molecule has 4 nitrogen and oxygen atoms in total. The second-order valence-electron chi connectivity index (χ2n) is 5.54. The fourth-order valence-electron chi connectivity index (χ4n) is 2.82. The Morgan fingerprint density at radius 2 is 1.95 bits per heavy atom. The number of pyridine rings is 1. The van der Waals surface area contributed by atoms with Gasteiger partial charge in [0.25, 0.3) is 0 Å². The molecule has 0 atom stereocenters. The maximum Gasteiger partial charge on any atom is 0.103 e. The van der Waals surface area contributed by atoms with E-state index in [9.17, 15) is 5.26 Å². The lowest BCUT2D eigenvalue weighted by Gasteiger charge is -2.37. The van der Waals surface area contributed by atoms with E-state index in [1.807, 2.05) is 19.9 Å². The third-order valence-electron chi connectivity index (χ3n) is 3.95. The molecule has 102 valence electrons. The third-order valence-corrected chi connectivity index (χ3v) is 3.95. The van der Waals surface area contributed by atoms with Crippen LogP contribution in [-0.2, 0) is 0 Å². The van der Waals surface area contributed by atoms with Crippen LogP contribution >= 0.6 is 0 Å². The number of piperidine rings is 1. The van der Waals surface area contributed by atoms with E-state index in [2.05, 4.69) is 34.9 Å². The van der Waals surface area contributed by atoms with Gasteiger partial charge in [-0.3, -0.25) is 4.98 Å². The van der Waals surface area contributed by atoms with Crippen LogP contribution in [0, 0.1) is 25.2 Å². The normalized spacial score (nSPS) is 16.7. The monoisotopic (exact) mass is 258 g/mol. The van der Waals surface area contributed by atoms with E-state index >= 15 is 0 Å². The molecule has 1 saturated heterocycles. The molecule has 19 heavy (non-hydrogen) atoms. The summed E-state index contributed by atoms with van der Waals surface area (Å²) in [6, 6.07) is 5.01. The number of rotatable bonds is 2. The zero-order chi connectivity index (χ0) is 14.0. The van der Waals surface area contributed by atoms with Crippen molar-refractivity contribution in [2.24, 2.45) is 0 Å². The van der Waals surface area contributed by atoms with Crippen molar-refractivity contribution in [3.8, 4) is 6.07 Å². The van der Waals surface area contributed by atoms with Crippen molar-refractivity contribution >= 4 is 5.69 Å². The maximum atomic E-state index is 9.34. The molecule has 1 aliphatic rings. The second-order valence-corrected chi connectivity index (χ2v) is 5.54. The van der Waals surface area contributed by atoms with E-state index in [1.54, 1.807) is 0 Å². The minimum Gasteiger partial charge on any atom is -0.370 e. The number of anilines is 1. The second kappa shape index (κ2) is 5.58. The van der Waals surface area contributed by atoms with E-state index in [-0.39, 0.29) is 0 Å². The number of nitrogens with zero attached hydrogens (tertiary/aromatic N) is 4. The molecule has 0 N–H and O–H groups in total. The minimum atomic E-state index is 0.658. The average Bonchev–Trinajstić information content (AvgIpc) is 2.38. The molecular weight excluding hydrogens is 236 g/mol. The SMILES string of the molecule is Cc1cc(N2CCC(N(C)C)CC2)c(C#N)c(C)n1. The summed E-state index contributed by atoms with van der Waals surface area (Å²) in [6.45, 7) is 5.94. The van der Waals surface area contributed by atoms with Gasteiger partial charge in [-0.1, -0.05) is 0 Å². The van der Waals surface area contributed by atoms with E-state index < -0.39 is 0 Å². The molecule has 2 heterocycles. The lowest BCUT2D eigenvalue weighted by Crippen LogP contribution is -2.42. The molecule has 4 heteroatoms. The molecule has 0 unspecified atom stereocenters. The Hall–Kier alpha value is -1.60. The molecule has 1 aromatic heterocycles. The van der Waals surface area contributed by atoms with Crippen LogP contribution in [0.25, 0.3) is 0 Å². The van der Waals surface area contributed by atoms with Crippen LogP contribution in [0.3, 0.4) is 0 Å². The highest BCUT2D eigenvalue weighted by atomic mass is 15.2. The van der Waals surface area contributed by atoms with Gasteiger partial charge in [-0.2, -0.15) is 5.26 Å². The summed E-state index contributed by atoms with van der Waals surface area (Å²) in [6.07, 6.45) is 2.30. The van der Waals surface area contributed by atoms with E-state index in [0.717, 1.165) is 48.6 Å². The standard InChI is InChI=1S/C15H22N4/c1-11-9-15(14(10-16)12(2)17-11)19-7-5-13(6-8-19)18(3)4/h9,13H,5-8H2,1-4H3. The predicted molar refractivity (Wildman–Crippen MR) is 77.3 cm³/mol. The Kier molecular flexibility index (Phi) is 4.06.